The summed E-state index contributed by atoms with van der Waals surface area (Å²) in [5.41, 5.74) is 3.69. The second-order valence-corrected chi connectivity index (χ2v) is 16.8. The van der Waals surface area contributed by atoms with E-state index in [1.807, 2.05) is 60.7 Å². The number of benzene rings is 6. The molecule has 0 saturated heterocycles. The Kier molecular flexibility index (Phi) is 6.51. The summed E-state index contributed by atoms with van der Waals surface area (Å²) < 4.78 is 112. The van der Waals surface area contributed by atoms with E-state index in [4.69, 9.17) is 27.8 Å². The van der Waals surface area contributed by atoms with Gasteiger partial charge in [0.05, 0.1) is 33.5 Å². The van der Waals surface area contributed by atoms with Crippen molar-refractivity contribution in [1.29, 1.82) is 0 Å². The maximum atomic E-state index is 11.4. The van der Waals surface area contributed by atoms with Crippen LogP contribution in [0, 0.1) is 0 Å². The normalized spacial score (nSPS) is 16.2. The van der Waals surface area contributed by atoms with Crippen LogP contribution in [0.15, 0.2) is 152 Å². The topological polar surface area (TPSA) is 50.9 Å². The molecule has 0 atom stereocenters. The minimum absolute atomic E-state index is 0.0590. The predicted molar refractivity (Wildman–Crippen MR) is 244 cm³/mol. The lowest BCUT2D eigenvalue weighted by atomic mass is 9.83. The lowest BCUT2D eigenvalue weighted by molar-refractivity contribution is 0.477. The molecule has 2 aromatic heterocycles. The van der Waals surface area contributed by atoms with Gasteiger partial charge in [-0.1, -0.05) is 153 Å². The van der Waals surface area contributed by atoms with E-state index in [9.17, 15) is 5.11 Å². The SMILES string of the molecule is [2H]c1c([2H])c(C(C([2H])([2H])[2H])(C([2H])([2H])[2H])C([2H])([2H])[2H])c([2H])c([2H])c1-c1ccnc(-c2cc(-c3cccc4c3nc(-c3ccccc3O)n4-c3ccc(C(C)(C)C)cc3-c3ccccc3)cc(C(C)(C)C)c2)c1. The third-order valence-corrected chi connectivity index (χ3v) is 10.5. The second kappa shape index (κ2) is 14.6. The molecule has 6 aromatic carbocycles. The number of aromatic nitrogens is 3. The summed E-state index contributed by atoms with van der Waals surface area (Å²) in [5.74, 6) is 0.580. The van der Waals surface area contributed by atoms with E-state index in [1.54, 1.807) is 18.2 Å². The highest BCUT2D eigenvalue weighted by atomic mass is 16.3. The summed E-state index contributed by atoms with van der Waals surface area (Å²) in [4.78, 5) is 10.1. The molecule has 58 heavy (non-hydrogen) atoms. The zero-order chi connectivity index (χ0) is 52.0. The molecular formula is C54H53N3O. The molecule has 0 fully saturated rings. The van der Waals surface area contributed by atoms with Crippen molar-refractivity contribution >= 4 is 11.0 Å². The minimum Gasteiger partial charge on any atom is -0.507 e. The molecule has 0 spiro atoms. The van der Waals surface area contributed by atoms with Gasteiger partial charge in [0.25, 0.3) is 0 Å². The molecule has 2 heterocycles. The number of phenolic OH excluding ortho intramolecular Hbond substituents is 1. The Morgan fingerprint density at radius 2 is 1.22 bits per heavy atom. The lowest BCUT2D eigenvalue weighted by Gasteiger charge is -2.23. The Balaban J connectivity index is 1.36. The molecule has 0 saturated carbocycles. The van der Waals surface area contributed by atoms with Crippen molar-refractivity contribution in [2.24, 2.45) is 0 Å². The molecule has 0 radical (unpaired) electrons. The zero-order valence-corrected chi connectivity index (χ0v) is 33.4. The quantitative estimate of drug-likeness (QED) is 0.183. The molecule has 0 bridgehead atoms. The Morgan fingerprint density at radius 3 is 1.93 bits per heavy atom. The highest BCUT2D eigenvalue weighted by Gasteiger charge is 2.25. The standard InChI is InChI=1S/C54H53N3O/c1-52(2,3)40-24-22-35(23-25-40)37-28-29-55-46(33-37)39-30-38(31-42(32-39)54(7,8)9)43-19-15-20-48-50(43)56-51(44-18-13-14-21-49(44)58)57(48)47-27-26-41(53(4,5)6)34-45(47)36-16-11-10-12-17-36/h10-34,58H,1-9H3/i1D3,2D3,3D3,22D,23D,24D,25D. The number of imidazole rings is 1. The fraction of sp³-hybridized carbons (Fsp3) is 0.222. The monoisotopic (exact) mass is 773 g/mol. The van der Waals surface area contributed by atoms with E-state index in [-0.39, 0.29) is 22.3 Å². The van der Waals surface area contributed by atoms with Gasteiger partial charge >= 0.3 is 0 Å². The van der Waals surface area contributed by atoms with Gasteiger partial charge in [-0.15, -0.1) is 0 Å². The largest absolute Gasteiger partial charge is 0.507 e. The van der Waals surface area contributed by atoms with E-state index in [0.717, 1.165) is 44.6 Å². The summed E-state index contributed by atoms with van der Waals surface area (Å²) in [6, 6.07) is 34.9. The number of nitrogens with zero attached hydrogens (tertiary/aromatic N) is 3. The van der Waals surface area contributed by atoms with Crippen LogP contribution < -0.4 is 0 Å². The fourth-order valence-electron chi connectivity index (χ4n) is 7.22. The zero-order valence-electron chi connectivity index (χ0n) is 46.4. The Labute approximate surface area is 362 Å². The first-order valence-corrected chi connectivity index (χ1v) is 19.2. The van der Waals surface area contributed by atoms with Crippen molar-refractivity contribution in [3.05, 3.63) is 168 Å². The summed E-state index contributed by atoms with van der Waals surface area (Å²) in [6.45, 7) is 1.34. The minimum atomic E-state index is -3.80. The molecule has 0 aliphatic carbocycles. The fourth-order valence-corrected chi connectivity index (χ4v) is 7.22. The van der Waals surface area contributed by atoms with Gasteiger partial charge in [-0.2, -0.15) is 0 Å². The number of aromatic hydroxyl groups is 1. The van der Waals surface area contributed by atoms with Gasteiger partial charge in [0.1, 0.15) is 11.6 Å². The van der Waals surface area contributed by atoms with Crippen molar-refractivity contribution < 1.29 is 22.9 Å². The Bertz CT molecular complexity index is 3290. The van der Waals surface area contributed by atoms with E-state index in [2.05, 4.69) is 82.5 Å². The molecule has 8 aromatic rings. The van der Waals surface area contributed by atoms with Crippen molar-refractivity contribution in [3.63, 3.8) is 0 Å². The van der Waals surface area contributed by atoms with Crippen LogP contribution in [0.5, 0.6) is 5.75 Å². The Morgan fingerprint density at radius 1 is 0.534 bits per heavy atom. The van der Waals surface area contributed by atoms with Crippen LogP contribution in [-0.2, 0) is 16.2 Å². The number of phenols is 1. The van der Waals surface area contributed by atoms with Crippen LogP contribution >= 0.6 is 0 Å². The number of fused-ring (bicyclic) bond motifs is 1. The molecule has 0 amide bonds. The van der Waals surface area contributed by atoms with E-state index in [0.29, 0.717) is 28.2 Å². The number of pyridine rings is 1. The number of rotatable bonds is 6. The van der Waals surface area contributed by atoms with Crippen molar-refractivity contribution in [3.8, 4) is 67.5 Å². The van der Waals surface area contributed by atoms with Crippen LogP contribution in [0.2, 0.25) is 0 Å². The van der Waals surface area contributed by atoms with E-state index < -0.39 is 61.1 Å². The lowest BCUT2D eigenvalue weighted by Crippen LogP contribution is -2.12. The number of para-hydroxylation sites is 2. The summed E-state index contributed by atoms with van der Waals surface area (Å²) >= 11 is 0. The van der Waals surface area contributed by atoms with Crippen LogP contribution in [0.4, 0.5) is 0 Å². The van der Waals surface area contributed by atoms with Gasteiger partial charge in [0.15, 0.2) is 0 Å². The highest BCUT2D eigenvalue weighted by Crippen LogP contribution is 2.42. The smallest absolute Gasteiger partial charge is 0.149 e. The van der Waals surface area contributed by atoms with Crippen LogP contribution in [0.3, 0.4) is 0 Å². The van der Waals surface area contributed by atoms with Crippen molar-refractivity contribution in [1.82, 2.24) is 14.5 Å². The predicted octanol–water partition coefficient (Wildman–Crippen LogP) is 14.4. The van der Waals surface area contributed by atoms with Crippen LogP contribution in [-0.4, -0.2) is 19.6 Å². The average Bonchev–Trinajstić information content (AvgIpc) is 3.67. The molecule has 4 nitrogen and oxygen atoms in total. The molecule has 4 heteroatoms. The third kappa shape index (κ3) is 7.47. The maximum absolute atomic E-state index is 11.4. The van der Waals surface area contributed by atoms with Gasteiger partial charge in [-0.25, -0.2) is 4.98 Å². The van der Waals surface area contributed by atoms with E-state index >= 15 is 0 Å². The molecule has 1 N–H and O–H groups in total. The third-order valence-electron chi connectivity index (χ3n) is 10.5. The second-order valence-electron chi connectivity index (χ2n) is 16.8. The highest BCUT2D eigenvalue weighted by molar-refractivity contribution is 5.97. The number of hydrogen-bond acceptors (Lipinski definition) is 3. The van der Waals surface area contributed by atoms with Gasteiger partial charge in [-0.05, 0) is 110 Å². The molecule has 0 unspecified atom stereocenters. The maximum Gasteiger partial charge on any atom is 0.149 e. The summed E-state index contributed by atoms with van der Waals surface area (Å²) in [6.07, 6.45) is 1.43. The summed E-state index contributed by atoms with van der Waals surface area (Å²) in [5, 5.41) is 11.4. The van der Waals surface area contributed by atoms with Crippen LogP contribution in [0.25, 0.3) is 72.7 Å². The van der Waals surface area contributed by atoms with Crippen molar-refractivity contribution in [2.45, 2.75) is 78.3 Å². The molecule has 290 valence electrons. The molecule has 8 rings (SSSR count). The molecule has 0 aliphatic heterocycles. The van der Waals surface area contributed by atoms with Gasteiger partial charge in [-0.3, -0.25) is 9.55 Å². The first kappa shape index (κ1) is 25.9. The van der Waals surface area contributed by atoms with Gasteiger partial charge < -0.3 is 5.11 Å². The molecular weight excluding hydrogens is 707 g/mol. The summed E-state index contributed by atoms with van der Waals surface area (Å²) in [7, 11) is 0. The van der Waals surface area contributed by atoms with Gasteiger partial charge in [0, 0.05) is 35.2 Å². The van der Waals surface area contributed by atoms with Gasteiger partial charge in [0.2, 0.25) is 0 Å². The average molecular weight is 773 g/mol. The van der Waals surface area contributed by atoms with Crippen LogP contribution in [0.1, 0.15) is 96.6 Å². The van der Waals surface area contributed by atoms with Crippen molar-refractivity contribution in [2.75, 3.05) is 0 Å². The molecule has 0 aliphatic rings. The first-order valence-electron chi connectivity index (χ1n) is 25.7. The Hall–Kier alpha value is -6.26. The van der Waals surface area contributed by atoms with E-state index in [1.165, 1.54) is 12.3 Å². The first-order chi connectivity index (χ1) is 33.0. The number of hydrogen-bond donors (Lipinski definition) is 1.